The van der Waals surface area contributed by atoms with E-state index in [9.17, 15) is 9.59 Å². The van der Waals surface area contributed by atoms with Crippen LogP contribution in [0.1, 0.15) is 46.9 Å². The fraction of sp³-hybridized carbons (Fsp3) is 0.300. The van der Waals surface area contributed by atoms with E-state index in [2.05, 4.69) is 31.5 Å². The third-order valence-electron chi connectivity index (χ3n) is 4.47. The molecule has 28 heavy (non-hydrogen) atoms. The van der Waals surface area contributed by atoms with Crippen LogP contribution in [-0.2, 0) is 11.2 Å². The second-order valence-corrected chi connectivity index (χ2v) is 8.67. The summed E-state index contributed by atoms with van der Waals surface area (Å²) in [5.74, 6) is 0.935. The summed E-state index contributed by atoms with van der Waals surface area (Å²) in [6.45, 7) is 1.49. The lowest BCUT2D eigenvalue weighted by atomic mass is 10.1. The van der Waals surface area contributed by atoms with E-state index in [1.807, 2.05) is 6.07 Å². The number of thiophene rings is 1. The number of amides is 1. The molecule has 2 aromatic heterocycles. The Kier molecular flexibility index (Phi) is 5.59. The van der Waals surface area contributed by atoms with Gasteiger partial charge in [-0.2, -0.15) is 0 Å². The number of para-hydroxylation sites is 1. The molecule has 1 aliphatic carbocycles. The molecule has 0 bridgehead atoms. The standard InChI is InChI=1S/C20H20N4O2S2/c1-13(25)16-6-2-3-7-17(16)21-19(26)12-28-20-23-22-18(24(20)14-8-9-14)11-15-5-4-10-27-15/h2-7,10,14H,8-9,11-12H2,1H3,(H,21,26). The Morgan fingerprint density at radius 3 is 2.75 bits per heavy atom. The van der Waals surface area contributed by atoms with Gasteiger partial charge in [0.2, 0.25) is 5.91 Å². The van der Waals surface area contributed by atoms with Crippen molar-refractivity contribution >= 4 is 40.5 Å². The molecule has 2 heterocycles. The summed E-state index contributed by atoms with van der Waals surface area (Å²) in [7, 11) is 0. The maximum absolute atomic E-state index is 12.4. The minimum atomic E-state index is -0.163. The van der Waals surface area contributed by atoms with Crippen LogP contribution in [0.2, 0.25) is 0 Å². The molecule has 0 unspecified atom stereocenters. The Labute approximate surface area is 171 Å². The fourth-order valence-corrected chi connectivity index (χ4v) is 4.54. The van der Waals surface area contributed by atoms with Crippen LogP contribution in [0.4, 0.5) is 5.69 Å². The molecule has 0 saturated heterocycles. The number of benzene rings is 1. The van der Waals surface area contributed by atoms with Gasteiger partial charge in [-0.1, -0.05) is 30.0 Å². The van der Waals surface area contributed by atoms with Crippen LogP contribution in [0.25, 0.3) is 0 Å². The van der Waals surface area contributed by atoms with Crippen molar-refractivity contribution in [2.75, 3.05) is 11.1 Å². The van der Waals surface area contributed by atoms with Crippen LogP contribution < -0.4 is 5.32 Å². The quantitative estimate of drug-likeness (QED) is 0.443. The van der Waals surface area contributed by atoms with E-state index < -0.39 is 0 Å². The molecule has 0 aliphatic heterocycles. The molecule has 0 radical (unpaired) electrons. The number of carbonyl (C=O) groups is 2. The Morgan fingerprint density at radius 2 is 2.04 bits per heavy atom. The average molecular weight is 413 g/mol. The largest absolute Gasteiger partial charge is 0.325 e. The summed E-state index contributed by atoms with van der Waals surface area (Å²) in [4.78, 5) is 25.4. The molecule has 1 aliphatic rings. The fourth-order valence-electron chi connectivity index (χ4n) is 3.01. The number of rotatable bonds is 8. The second-order valence-electron chi connectivity index (χ2n) is 6.69. The van der Waals surface area contributed by atoms with Crippen molar-refractivity contribution in [3.8, 4) is 0 Å². The van der Waals surface area contributed by atoms with Crippen molar-refractivity contribution in [1.82, 2.24) is 14.8 Å². The number of hydrogen-bond acceptors (Lipinski definition) is 6. The van der Waals surface area contributed by atoms with Gasteiger partial charge in [-0.3, -0.25) is 9.59 Å². The van der Waals surface area contributed by atoms with E-state index in [1.54, 1.807) is 35.6 Å². The summed E-state index contributed by atoms with van der Waals surface area (Å²) >= 11 is 3.10. The van der Waals surface area contributed by atoms with Gasteiger partial charge < -0.3 is 9.88 Å². The Hall–Kier alpha value is -2.45. The number of thioether (sulfide) groups is 1. The summed E-state index contributed by atoms with van der Waals surface area (Å²) < 4.78 is 2.18. The van der Waals surface area contributed by atoms with Crippen LogP contribution in [0.15, 0.2) is 46.9 Å². The van der Waals surface area contributed by atoms with Crippen molar-refractivity contribution in [3.05, 3.63) is 58.0 Å². The highest BCUT2D eigenvalue weighted by atomic mass is 32.2. The molecular weight excluding hydrogens is 392 g/mol. The first-order valence-electron chi connectivity index (χ1n) is 9.10. The predicted octanol–water partition coefficient (Wildman–Crippen LogP) is 4.20. The van der Waals surface area contributed by atoms with Crippen molar-refractivity contribution in [3.63, 3.8) is 0 Å². The molecule has 3 aromatic rings. The molecule has 144 valence electrons. The smallest absolute Gasteiger partial charge is 0.234 e. The van der Waals surface area contributed by atoms with Gasteiger partial charge >= 0.3 is 0 Å². The van der Waals surface area contributed by atoms with Gasteiger partial charge in [0.25, 0.3) is 0 Å². The number of nitrogens with zero attached hydrogens (tertiary/aromatic N) is 3. The number of nitrogens with one attached hydrogen (secondary N) is 1. The van der Waals surface area contributed by atoms with Crippen molar-refractivity contribution in [2.24, 2.45) is 0 Å². The van der Waals surface area contributed by atoms with Crippen LogP contribution in [0.5, 0.6) is 0 Å². The minimum absolute atomic E-state index is 0.0738. The lowest BCUT2D eigenvalue weighted by Crippen LogP contribution is -2.16. The van der Waals surface area contributed by atoms with E-state index in [0.29, 0.717) is 17.3 Å². The SMILES string of the molecule is CC(=O)c1ccccc1NC(=O)CSc1nnc(Cc2cccs2)n1C1CC1. The molecule has 1 amide bonds. The minimum Gasteiger partial charge on any atom is -0.325 e. The first kappa shape index (κ1) is 18.9. The molecule has 6 nitrogen and oxygen atoms in total. The number of carbonyl (C=O) groups excluding carboxylic acids is 2. The maximum atomic E-state index is 12.4. The van der Waals surface area contributed by atoms with E-state index in [4.69, 9.17) is 0 Å². The molecular formula is C20H20N4O2S2. The first-order chi connectivity index (χ1) is 13.6. The Balaban J connectivity index is 1.43. The van der Waals surface area contributed by atoms with Gasteiger partial charge in [-0.15, -0.1) is 21.5 Å². The van der Waals surface area contributed by atoms with Crippen LogP contribution in [0, 0.1) is 0 Å². The number of Topliss-reactive ketones (excluding diaryl/α,β-unsaturated/α-hetero) is 1. The Morgan fingerprint density at radius 1 is 1.21 bits per heavy atom. The lowest BCUT2D eigenvalue weighted by molar-refractivity contribution is -0.113. The van der Waals surface area contributed by atoms with Gasteiger partial charge in [0.1, 0.15) is 5.82 Å². The van der Waals surface area contributed by atoms with Gasteiger partial charge in [0.05, 0.1) is 11.4 Å². The third kappa shape index (κ3) is 4.34. The highest BCUT2D eigenvalue weighted by molar-refractivity contribution is 7.99. The summed E-state index contributed by atoms with van der Waals surface area (Å²) in [5.41, 5.74) is 1.06. The predicted molar refractivity (Wildman–Crippen MR) is 111 cm³/mol. The van der Waals surface area contributed by atoms with E-state index in [-0.39, 0.29) is 17.4 Å². The highest BCUT2D eigenvalue weighted by Gasteiger charge is 2.30. The van der Waals surface area contributed by atoms with Crippen LogP contribution in [0.3, 0.4) is 0 Å². The maximum Gasteiger partial charge on any atom is 0.234 e. The second kappa shape index (κ2) is 8.28. The molecule has 1 saturated carbocycles. The monoisotopic (exact) mass is 412 g/mol. The van der Waals surface area contributed by atoms with Crippen molar-refractivity contribution in [2.45, 2.75) is 37.4 Å². The summed E-state index contributed by atoms with van der Waals surface area (Å²) in [6, 6.07) is 11.6. The first-order valence-corrected chi connectivity index (χ1v) is 11.0. The van der Waals surface area contributed by atoms with Gasteiger partial charge in [0.15, 0.2) is 10.9 Å². The zero-order chi connectivity index (χ0) is 19.5. The molecule has 1 fully saturated rings. The molecule has 1 N–H and O–H groups in total. The van der Waals surface area contributed by atoms with Crippen LogP contribution >= 0.6 is 23.1 Å². The van der Waals surface area contributed by atoms with Gasteiger partial charge in [0, 0.05) is 22.9 Å². The molecule has 8 heteroatoms. The number of anilines is 1. The average Bonchev–Trinajstić information content (AvgIpc) is 3.23. The zero-order valence-electron chi connectivity index (χ0n) is 15.4. The normalized spacial score (nSPS) is 13.5. The molecule has 0 spiro atoms. The lowest BCUT2D eigenvalue weighted by Gasteiger charge is -2.10. The molecule has 1 aromatic carbocycles. The van der Waals surface area contributed by atoms with Crippen molar-refractivity contribution in [1.29, 1.82) is 0 Å². The highest BCUT2D eigenvalue weighted by Crippen LogP contribution is 2.39. The summed E-state index contributed by atoms with van der Waals surface area (Å²) in [5, 5.41) is 14.4. The molecule has 4 rings (SSSR count). The molecule has 0 atom stereocenters. The third-order valence-corrected chi connectivity index (χ3v) is 6.29. The van der Waals surface area contributed by atoms with E-state index in [1.165, 1.54) is 23.6 Å². The zero-order valence-corrected chi connectivity index (χ0v) is 17.1. The summed E-state index contributed by atoms with van der Waals surface area (Å²) in [6.07, 6.45) is 3.02. The number of hydrogen-bond donors (Lipinski definition) is 1. The van der Waals surface area contributed by atoms with E-state index in [0.717, 1.165) is 30.2 Å². The number of aromatic nitrogens is 3. The Bertz CT molecular complexity index is 994. The van der Waals surface area contributed by atoms with Gasteiger partial charge in [-0.05, 0) is 43.3 Å². The van der Waals surface area contributed by atoms with Crippen molar-refractivity contribution < 1.29 is 9.59 Å². The van der Waals surface area contributed by atoms with Gasteiger partial charge in [-0.25, -0.2) is 0 Å². The van der Waals surface area contributed by atoms with Crippen LogP contribution in [-0.4, -0.2) is 32.2 Å². The topological polar surface area (TPSA) is 76.9 Å². The van der Waals surface area contributed by atoms with E-state index >= 15 is 0 Å². The number of ketones is 1.